The molecule has 7 heteroatoms. The first-order valence-corrected chi connectivity index (χ1v) is 13.7. The maximum Gasteiger partial charge on any atom is 0.172 e. The van der Waals surface area contributed by atoms with Crippen LogP contribution in [-0.2, 0) is 13.5 Å². The number of aromatic nitrogens is 2. The molecule has 0 bridgehead atoms. The van der Waals surface area contributed by atoms with Crippen molar-refractivity contribution in [1.29, 1.82) is 0 Å². The first kappa shape index (κ1) is 25.6. The third-order valence-corrected chi connectivity index (χ3v) is 7.97. The molecule has 1 aliphatic carbocycles. The molecule has 1 fully saturated rings. The van der Waals surface area contributed by atoms with Crippen LogP contribution >= 0.6 is 0 Å². The summed E-state index contributed by atoms with van der Waals surface area (Å²) in [5, 5.41) is 0. The number of allylic oxidation sites excluding steroid dienone is 1. The number of alkyl halides is 1. The van der Waals surface area contributed by atoms with Crippen LogP contribution in [0.25, 0.3) is 22.2 Å². The van der Waals surface area contributed by atoms with Crippen molar-refractivity contribution in [2.75, 3.05) is 26.3 Å². The Kier molecular flexibility index (Phi) is 7.33. The van der Waals surface area contributed by atoms with Crippen LogP contribution in [0.1, 0.15) is 47.9 Å². The largest absolute Gasteiger partial charge is 0.489 e. The van der Waals surface area contributed by atoms with E-state index in [2.05, 4.69) is 45.2 Å². The highest BCUT2D eigenvalue weighted by Gasteiger charge is 2.24. The monoisotopic (exact) mass is 529 g/mol. The Labute approximate surface area is 227 Å². The zero-order valence-electron chi connectivity index (χ0n) is 22.2. The van der Waals surface area contributed by atoms with Crippen molar-refractivity contribution in [3.63, 3.8) is 0 Å². The van der Waals surface area contributed by atoms with Gasteiger partial charge < -0.3 is 9.30 Å². The number of fused-ring (bicyclic) bond motifs is 2. The van der Waals surface area contributed by atoms with Gasteiger partial charge in [0, 0.05) is 31.2 Å². The molecule has 2 heterocycles. The van der Waals surface area contributed by atoms with E-state index in [1.807, 2.05) is 42.2 Å². The molecular formula is C32H33F2N3O2. The molecule has 0 N–H and O–H groups in total. The molecule has 1 aliphatic heterocycles. The van der Waals surface area contributed by atoms with Crippen LogP contribution < -0.4 is 9.68 Å². The van der Waals surface area contributed by atoms with E-state index in [-0.39, 0.29) is 18.5 Å². The van der Waals surface area contributed by atoms with Crippen LogP contribution in [0, 0.1) is 0 Å². The molecule has 0 radical (unpaired) electrons. The fraction of sp³-hybridized carbons (Fsp3) is 0.344. The smallest absolute Gasteiger partial charge is 0.172 e. The van der Waals surface area contributed by atoms with Gasteiger partial charge in [-0.05, 0) is 102 Å². The normalized spacial score (nSPS) is 17.9. The van der Waals surface area contributed by atoms with Crippen LogP contribution in [0.15, 0.2) is 67.0 Å². The van der Waals surface area contributed by atoms with Crippen LogP contribution in [0.2, 0.25) is 0 Å². The molecule has 1 unspecified atom stereocenters. The Morgan fingerprint density at radius 1 is 0.974 bits per heavy atom. The number of hydrogen-bond acceptors (Lipinski definition) is 4. The maximum atomic E-state index is 13.1. The lowest BCUT2D eigenvalue weighted by Crippen LogP contribution is -2.26. The van der Waals surface area contributed by atoms with Gasteiger partial charge in [-0.3, -0.25) is 14.2 Å². The predicted molar refractivity (Wildman–Crippen MR) is 150 cm³/mol. The molecule has 39 heavy (non-hydrogen) atoms. The average Bonchev–Trinajstić information content (AvgIpc) is 3.52. The lowest BCUT2D eigenvalue weighted by Gasteiger charge is -2.19. The zero-order valence-corrected chi connectivity index (χ0v) is 22.2. The van der Waals surface area contributed by atoms with Crippen molar-refractivity contribution < 1.29 is 18.6 Å². The first-order valence-electron chi connectivity index (χ1n) is 13.7. The van der Waals surface area contributed by atoms with Crippen LogP contribution in [-0.4, -0.2) is 46.9 Å². The fourth-order valence-electron chi connectivity index (χ4n) is 6.03. The molecule has 202 valence electrons. The summed E-state index contributed by atoms with van der Waals surface area (Å²) in [7, 11) is 2.00. The molecule has 1 saturated heterocycles. The highest BCUT2D eigenvalue weighted by molar-refractivity contribution is 6.01. The van der Waals surface area contributed by atoms with E-state index in [4.69, 9.17) is 4.74 Å². The Balaban J connectivity index is 1.36. The van der Waals surface area contributed by atoms with Gasteiger partial charge in [-0.1, -0.05) is 24.3 Å². The van der Waals surface area contributed by atoms with Crippen molar-refractivity contribution in [2.24, 2.45) is 7.05 Å². The highest BCUT2D eigenvalue weighted by Crippen LogP contribution is 2.41. The minimum absolute atomic E-state index is 0.119. The second-order valence-corrected chi connectivity index (χ2v) is 10.6. The minimum atomic E-state index is -0.276. The molecule has 4 aromatic rings. The third-order valence-electron chi connectivity index (χ3n) is 7.97. The number of imidazole rings is 1. The molecule has 0 spiro atoms. The number of ether oxygens (including phenoxy) is 1. The Bertz CT molecular complexity index is 1500. The van der Waals surface area contributed by atoms with Crippen molar-refractivity contribution in [1.82, 2.24) is 14.5 Å². The number of hydrogen-bond donors (Lipinski definition) is 0. The number of likely N-dealkylation sites (tertiary alicyclic amines) is 1. The van der Waals surface area contributed by atoms with E-state index >= 15 is 0 Å². The van der Waals surface area contributed by atoms with E-state index < -0.39 is 0 Å². The molecule has 6 rings (SSSR count). The Hall–Kier alpha value is -3.71. The van der Waals surface area contributed by atoms with Gasteiger partial charge in [0.25, 0.3) is 0 Å². The molecule has 5 nitrogen and oxygen atoms in total. The van der Waals surface area contributed by atoms with E-state index in [9.17, 15) is 8.92 Å². The summed E-state index contributed by atoms with van der Waals surface area (Å²) >= 11 is 0. The van der Waals surface area contributed by atoms with Gasteiger partial charge in [-0.25, -0.2) is 4.98 Å². The van der Waals surface area contributed by atoms with E-state index in [1.165, 1.54) is 5.57 Å². The molecule has 1 atom stereocenters. The summed E-state index contributed by atoms with van der Waals surface area (Å²) in [6.45, 7) is 2.29. The van der Waals surface area contributed by atoms with E-state index in [0.29, 0.717) is 6.42 Å². The number of rotatable bonds is 8. The number of halogens is 2. The van der Waals surface area contributed by atoms with Gasteiger partial charge in [0.1, 0.15) is 11.9 Å². The summed E-state index contributed by atoms with van der Waals surface area (Å²) < 4.78 is 33.9. The number of nitrogens with zero attached hydrogens (tertiary/aromatic N) is 3. The Morgan fingerprint density at radius 2 is 1.79 bits per heavy atom. The molecule has 2 aliphatic rings. The van der Waals surface area contributed by atoms with Crippen LogP contribution in [0.3, 0.4) is 0 Å². The van der Waals surface area contributed by atoms with Crippen molar-refractivity contribution in [3.8, 4) is 11.5 Å². The third kappa shape index (κ3) is 5.28. The zero-order chi connectivity index (χ0) is 26.8. The van der Waals surface area contributed by atoms with Crippen molar-refractivity contribution in [3.05, 3.63) is 89.2 Å². The van der Waals surface area contributed by atoms with Crippen molar-refractivity contribution in [2.45, 2.75) is 38.2 Å². The first-order chi connectivity index (χ1) is 19.1. The molecular weight excluding hydrogens is 496 g/mol. The molecule has 3 aromatic carbocycles. The molecule has 1 aromatic heterocycles. The SMILES string of the molecule is Cn1cnc2cc(C3=C(c4ccc(OC5CCN(CCCF)C5)cc4)c4ccc(OF)cc4CCC3)ccc21. The lowest BCUT2D eigenvalue weighted by molar-refractivity contribution is -0.00629. The second-order valence-electron chi connectivity index (χ2n) is 10.6. The maximum absolute atomic E-state index is 13.1. The van der Waals surface area contributed by atoms with E-state index in [1.54, 1.807) is 6.07 Å². The predicted octanol–water partition coefficient (Wildman–Crippen LogP) is 6.94. The minimum Gasteiger partial charge on any atom is -0.489 e. The highest BCUT2D eigenvalue weighted by atomic mass is 19.3. The van der Waals surface area contributed by atoms with Gasteiger partial charge in [0.2, 0.25) is 0 Å². The van der Waals surface area contributed by atoms with Gasteiger partial charge in [0.15, 0.2) is 5.75 Å². The van der Waals surface area contributed by atoms with Gasteiger partial charge in [-0.2, -0.15) is 0 Å². The molecule has 0 amide bonds. The summed E-state index contributed by atoms with van der Waals surface area (Å²) in [6, 6.07) is 20.3. The van der Waals surface area contributed by atoms with Gasteiger partial charge in [0.05, 0.1) is 24.0 Å². The Morgan fingerprint density at radius 3 is 2.62 bits per heavy atom. The van der Waals surface area contributed by atoms with Crippen LogP contribution in [0.5, 0.6) is 11.5 Å². The quantitative estimate of drug-likeness (QED) is 0.248. The number of benzene rings is 3. The molecule has 0 saturated carbocycles. The van der Waals surface area contributed by atoms with E-state index in [0.717, 1.165) is 89.9 Å². The van der Waals surface area contributed by atoms with Crippen molar-refractivity contribution >= 4 is 22.2 Å². The summed E-state index contributed by atoms with van der Waals surface area (Å²) in [4.78, 5) is 10.9. The van der Waals surface area contributed by atoms with Gasteiger partial charge in [-0.15, -0.1) is 0 Å². The van der Waals surface area contributed by atoms with Gasteiger partial charge >= 0.3 is 0 Å². The average molecular weight is 530 g/mol. The lowest BCUT2D eigenvalue weighted by atomic mass is 9.87. The topological polar surface area (TPSA) is 39.5 Å². The fourth-order valence-corrected chi connectivity index (χ4v) is 6.03. The standard InChI is InChI=1S/C32H33F2N3O2/c1-36-21-35-30-19-24(8-13-31(30)36)28-5-2-4-23-18-26(39-34)11-12-29(23)32(28)22-6-9-25(10-7-22)38-27-14-17-37(20-27)16-3-15-33/h6-13,18-19,21,27H,2-5,14-17,20H2,1H3. The van der Waals surface area contributed by atoms with Crippen LogP contribution in [0.4, 0.5) is 8.92 Å². The number of aryl methyl sites for hydroxylation is 2. The summed E-state index contributed by atoms with van der Waals surface area (Å²) in [5.74, 6) is 1.07. The summed E-state index contributed by atoms with van der Waals surface area (Å²) in [5.41, 5.74) is 8.87. The summed E-state index contributed by atoms with van der Waals surface area (Å²) in [6.07, 6.45) is 6.17. The second kappa shape index (κ2) is 11.2.